The van der Waals surface area contributed by atoms with E-state index in [4.69, 9.17) is 0 Å². The molecule has 1 unspecified atom stereocenters. The van der Waals surface area contributed by atoms with Crippen LogP contribution in [0.2, 0.25) is 0 Å². The van der Waals surface area contributed by atoms with Gasteiger partial charge in [0.2, 0.25) is 10.0 Å². The number of nitrogens with one attached hydrogen (secondary N) is 2. The van der Waals surface area contributed by atoms with Crippen LogP contribution in [0.3, 0.4) is 0 Å². The lowest BCUT2D eigenvalue weighted by Crippen LogP contribution is -2.50. The van der Waals surface area contributed by atoms with E-state index in [2.05, 4.69) is 30.8 Å². The van der Waals surface area contributed by atoms with Gasteiger partial charge in [0, 0.05) is 12.1 Å². The molecule has 0 saturated heterocycles. The van der Waals surface area contributed by atoms with E-state index in [1.54, 1.807) is 0 Å². The van der Waals surface area contributed by atoms with Crippen molar-refractivity contribution < 1.29 is 8.42 Å². The van der Waals surface area contributed by atoms with Crippen LogP contribution in [-0.4, -0.2) is 33.3 Å². The third-order valence-corrected chi connectivity index (χ3v) is 3.32. The van der Waals surface area contributed by atoms with Crippen molar-refractivity contribution in [3.8, 4) is 0 Å². The van der Waals surface area contributed by atoms with Gasteiger partial charge in [-0.15, -0.1) is 0 Å². The van der Waals surface area contributed by atoms with Crippen molar-refractivity contribution in [2.75, 3.05) is 19.3 Å². The van der Waals surface area contributed by atoms with Crippen LogP contribution in [-0.2, 0) is 10.0 Å². The van der Waals surface area contributed by atoms with Gasteiger partial charge in [-0.1, -0.05) is 20.8 Å². The number of rotatable bonds is 8. The van der Waals surface area contributed by atoms with E-state index in [9.17, 15) is 8.42 Å². The van der Waals surface area contributed by atoms with Crippen LogP contribution < -0.4 is 10.0 Å². The zero-order valence-corrected chi connectivity index (χ0v) is 12.8. The van der Waals surface area contributed by atoms with Gasteiger partial charge < -0.3 is 5.32 Å². The Labute approximate surface area is 107 Å². The van der Waals surface area contributed by atoms with Gasteiger partial charge in [-0.2, -0.15) is 0 Å². The molecule has 2 N–H and O–H groups in total. The fraction of sp³-hybridized carbons (Fsp3) is 1.00. The average molecular weight is 264 g/mol. The second-order valence-corrected chi connectivity index (χ2v) is 7.87. The lowest BCUT2D eigenvalue weighted by atomic mass is 9.98. The number of hydrogen-bond acceptors (Lipinski definition) is 3. The highest BCUT2D eigenvalue weighted by molar-refractivity contribution is 7.88. The Balaban J connectivity index is 3.95. The van der Waals surface area contributed by atoms with E-state index < -0.39 is 15.6 Å². The Morgan fingerprint density at radius 3 is 2.12 bits per heavy atom. The van der Waals surface area contributed by atoms with E-state index in [0.29, 0.717) is 18.4 Å². The molecule has 0 bridgehead atoms. The molecule has 0 aromatic carbocycles. The third-order valence-electron chi connectivity index (χ3n) is 2.40. The Morgan fingerprint density at radius 2 is 1.71 bits per heavy atom. The highest BCUT2D eigenvalue weighted by Crippen LogP contribution is 2.10. The third kappa shape index (κ3) is 10.7. The minimum Gasteiger partial charge on any atom is -0.315 e. The maximum absolute atomic E-state index is 11.2. The zero-order valence-electron chi connectivity index (χ0n) is 12.0. The highest BCUT2D eigenvalue weighted by atomic mass is 32.2. The maximum atomic E-state index is 11.2. The van der Waals surface area contributed by atoms with Gasteiger partial charge >= 0.3 is 0 Å². The summed E-state index contributed by atoms with van der Waals surface area (Å²) in [6, 6.07) is 0. The first-order chi connectivity index (χ1) is 7.52. The van der Waals surface area contributed by atoms with Gasteiger partial charge in [-0.25, -0.2) is 13.1 Å². The fourth-order valence-corrected chi connectivity index (χ4v) is 3.13. The molecule has 0 aliphatic carbocycles. The van der Waals surface area contributed by atoms with Crippen LogP contribution in [0, 0.1) is 11.8 Å². The van der Waals surface area contributed by atoms with Crippen LogP contribution >= 0.6 is 0 Å². The van der Waals surface area contributed by atoms with Gasteiger partial charge in [-0.05, 0) is 38.6 Å². The molecule has 0 fully saturated rings. The lowest BCUT2D eigenvalue weighted by molar-refractivity contribution is 0.372. The first-order valence-electron chi connectivity index (χ1n) is 6.21. The molecule has 4 nitrogen and oxygen atoms in total. The Bertz CT molecular complexity index is 310. The standard InChI is InChI=1S/C12H28N2O2S/c1-10(2)7-11(3)8-13-9-12(4,5)14-17(6,15)16/h10-11,13-14H,7-9H2,1-6H3. The predicted octanol–water partition coefficient (Wildman–Crippen LogP) is 1.59. The van der Waals surface area contributed by atoms with Crippen LogP contribution in [0.5, 0.6) is 0 Å². The van der Waals surface area contributed by atoms with Crippen molar-refractivity contribution in [3.63, 3.8) is 0 Å². The Hall–Kier alpha value is -0.130. The molecular weight excluding hydrogens is 236 g/mol. The summed E-state index contributed by atoms with van der Waals surface area (Å²) in [5.41, 5.74) is -0.439. The topological polar surface area (TPSA) is 58.2 Å². The summed E-state index contributed by atoms with van der Waals surface area (Å²) in [6.45, 7) is 12.0. The highest BCUT2D eigenvalue weighted by Gasteiger charge is 2.21. The van der Waals surface area contributed by atoms with Crippen molar-refractivity contribution in [1.82, 2.24) is 10.0 Å². The van der Waals surface area contributed by atoms with Crippen molar-refractivity contribution in [3.05, 3.63) is 0 Å². The van der Waals surface area contributed by atoms with Crippen molar-refractivity contribution in [2.24, 2.45) is 11.8 Å². The van der Waals surface area contributed by atoms with Crippen molar-refractivity contribution >= 4 is 10.0 Å². The van der Waals surface area contributed by atoms with Gasteiger partial charge in [0.25, 0.3) is 0 Å². The minimum atomic E-state index is -3.14. The van der Waals surface area contributed by atoms with Gasteiger partial charge in [0.1, 0.15) is 0 Å². The lowest BCUT2D eigenvalue weighted by Gasteiger charge is -2.26. The van der Waals surface area contributed by atoms with Crippen LogP contribution in [0.1, 0.15) is 41.0 Å². The molecule has 0 aliphatic rings. The number of sulfonamides is 1. The Kier molecular flexibility index (Phi) is 6.66. The van der Waals surface area contributed by atoms with E-state index in [-0.39, 0.29) is 0 Å². The molecule has 17 heavy (non-hydrogen) atoms. The van der Waals surface area contributed by atoms with Crippen molar-refractivity contribution in [2.45, 2.75) is 46.6 Å². The SMILES string of the molecule is CC(C)CC(C)CNCC(C)(C)NS(C)(=O)=O. The molecule has 0 aliphatic heterocycles. The molecule has 5 heteroatoms. The molecule has 0 spiro atoms. The molecule has 1 atom stereocenters. The van der Waals surface area contributed by atoms with E-state index in [1.165, 1.54) is 12.7 Å². The van der Waals surface area contributed by atoms with Crippen LogP contribution in [0.15, 0.2) is 0 Å². The molecule has 0 radical (unpaired) electrons. The summed E-state index contributed by atoms with van der Waals surface area (Å²) in [4.78, 5) is 0. The molecule has 104 valence electrons. The summed E-state index contributed by atoms with van der Waals surface area (Å²) in [5.74, 6) is 1.32. The van der Waals surface area contributed by atoms with Gasteiger partial charge in [0.05, 0.1) is 6.26 Å². The maximum Gasteiger partial charge on any atom is 0.209 e. The van der Waals surface area contributed by atoms with E-state index in [1.807, 2.05) is 13.8 Å². The summed E-state index contributed by atoms with van der Waals surface area (Å²) in [5, 5.41) is 3.33. The first kappa shape index (κ1) is 16.9. The van der Waals surface area contributed by atoms with E-state index in [0.717, 1.165) is 6.54 Å². The zero-order chi connectivity index (χ0) is 13.7. The van der Waals surface area contributed by atoms with Crippen LogP contribution in [0.4, 0.5) is 0 Å². The quantitative estimate of drug-likeness (QED) is 0.700. The average Bonchev–Trinajstić information content (AvgIpc) is 1.95. The number of hydrogen-bond donors (Lipinski definition) is 2. The largest absolute Gasteiger partial charge is 0.315 e. The Morgan fingerprint density at radius 1 is 1.18 bits per heavy atom. The summed E-state index contributed by atoms with van der Waals surface area (Å²) in [6.07, 6.45) is 2.38. The van der Waals surface area contributed by atoms with Gasteiger partial charge in [-0.3, -0.25) is 0 Å². The molecule has 0 amide bonds. The van der Waals surface area contributed by atoms with Crippen LogP contribution in [0.25, 0.3) is 0 Å². The molecule has 0 rings (SSSR count). The normalized spacial score (nSPS) is 15.2. The molecule has 0 aromatic rings. The summed E-state index contributed by atoms with van der Waals surface area (Å²) < 4.78 is 24.9. The minimum absolute atomic E-state index is 0.439. The summed E-state index contributed by atoms with van der Waals surface area (Å²) in [7, 11) is -3.14. The molecule has 0 heterocycles. The molecule has 0 aromatic heterocycles. The van der Waals surface area contributed by atoms with E-state index >= 15 is 0 Å². The second-order valence-electron chi connectivity index (χ2n) is 6.12. The fourth-order valence-electron chi connectivity index (χ4n) is 2.06. The first-order valence-corrected chi connectivity index (χ1v) is 8.10. The monoisotopic (exact) mass is 264 g/mol. The summed E-state index contributed by atoms with van der Waals surface area (Å²) >= 11 is 0. The van der Waals surface area contributed by atoms with Gasteiger partial charge in [0.15, 0.2) is 0 Å². The van der Waals surface area contributed by atoms with Crippen molar-refractivity contribution in [1.29, 1.82) is 0 Å². The second kappa shape index (κ2) is 6.71. The predicted molar refractivity (Wildman–Crippen MR) is 73.5 cm³/mol. The smallest absolute Gasteiger partial charge is 0.209 e. The molecule has 0 saturated carbocycles. The molecular formula is C12H28N2O2S.